The summed E-state index contributed by atoms with van der Waals surface area (Å²) < 4.78 is 5.59. The first-order valence-electron chi connectivity index (χ1n) is 7.56. The van der Waals surface area contributed by atoms with Crippen molar-refractivity contribution in [2.75, 3.05) is 13.2 Å². The zero-order valence-corrected chi connectivity index (χ0v) is 12.5. The highest BCUT2D eigenvalue weighted by Gasteiger charge is 2.45. The normalized spacial score (nSPS) is 43.2. The molecule has 1 aliphatic heterocycles. The van der Waals surface area contributed by atoms with Gasteiger partial charge in [-0.2, -0.15) is 0 Å². The first-order valence-corrected chi connectivity index (χ1v) is 7.56. The first-order chi connectivity index (χ1) is 8.92. The van der Waals surface area contributed by atoms with Gasteiger partial charge in [-0.1, -0.05) is 6.92 Å². The second-order valence-corrected chi connectivity index (χ2v) is 6.80. The van der Waals surface area contributed by atoms with Gasteiger partial charge in [0.25, 0.3) is 0 Å². The fraction of sp³-hybridized carbons (Fsp3) is 0.933. The molecule has 0 aromatic carbocycles. The van der Waals surface area contributed by atoms with Crippen molar-refractivity contribution >= 4 is 5.91 Å². The van der Waals surface area contributed by atoms with E-state index < -0.39 is 0 Å². The summed E-state index contributed by atoms with van der Waals surface area (Å²) >= 11 is 0. The van der Waals surface area contributed by atoms with Crippen molar-refractivity contribution in [3.05, 3.63) is 0 Å². The minimum atomic E-state index is -0.349. The minimum Gasteiger partial charge on any atom is -0.376 e. The van der Waals surface area contributed by atoms with E-state index in [1.165, 1.54) is 0 Å². The van der Waals surface area contributed by atoms with Crippen LogP contribution in [-0.2, 0) is 9.53 Å². The van der Waals surface area contributed by atoms with Crippen LogP contribution in [-0.4, -0.2) is 30.7 Å². The lowest BCUT2D eigenvalue weighted by Gasteiger charge is -2.40. The fourth-order valence-electron chi connectivity index (χ4n) is 3.23. The monoisotopic (exact) mass is 268 g/mol. The molecule has 0 spiro atoms. The van der Waals surface area contributed by atoms with Gasteiger partial charge in [0.15, 0.2) is 0 Å². The predicted molar refractivity (Wildman–Crippen MR) is 75.7 cm³/mol. The van der Waals surface area contributed by atoms with Crippen molar-refractivity contribution in [3.8, 4) is 0 Å². The van der Waals surface area contributed by atoms with Crippen LogP contribution >= 0.6 is 0 Å². The summed E-state index contributed by atoms with van der Waals surface area (Å²) in [5, 5.41) is 3.24. The fourth-order valence-corrected chi connectivity index (χ4v) is 3.23. The van der Waals surface area contributed by atoms with Gasteiger partial charge < -0.3 is 15.8 Å². The molecule has 4 heteroatoms. The maximum absolute atomic E-state index is 12.7. The molecule has 2 unspecified atom stereocenters. The number of nitrogens with two attached hydrogens (primary N) is 1. The van der Waals surface area contributed by atoms with Crippen LogP contribution in [0.2, 0.25) is 0 Å². The Labute approximate surface area is 116 Å². The Bertz CT molecular complexity index is 337. The number of nitrogens with one attached hydrogen (secondary N) is 1. The van der Waals surface area contributed by atoms with Crippen molar-refractivity contribution in [2.45, 2.75) is 64.5 Å². The molecule has 1 amide bonds. The van der Waals surface area contributed by atoms with Crippen molar-refractivity contribution in [3.63, 3.8) is 0 Å². The van der Waals surface area contributed by atoms with E-state index in [1.807, 2.05) is 6.92 Å². The summed E-state index contributed by atoms with van der Waals surface area (Å²) in [6.45, 7) is 7.55. The van der Waals surface area contributed by atoms with Crippen LogP contribution in [0.3, 0.4) is 0 Å². The summed E-state index contributed by atoms with van der Waals surface area (Å²) in [5.41, 5.74) is 5.36. The number of rotatable bonds is 3. The van der Waals surface area contributed by atoms with Gasteiger partial charge in [-0.05, 0) is 51.9 Å². The second kappa shape index (κ2) is 5.41. The van der Waals surface area contributed by atoms with Crippen molar-refractivity contribution in [1.82, 2.24) is 5.32 Å². The van der Waals surface area contributed by atoms with Crippen LogP contribution in [0.5, 0.6) is 0 Å². The van der Waals surface area contributed by atoms with E-state index in [4.69, 9.17) is 10.5 Å². The highest BCUT2D eigenvalue weighted by Crippen LogP contribution is 2.39. The number of amides is 1. The predicted octanol–water partition coefficient (Wildman–Crippen LogP) is 1.83. The molecule has 0 radical (unpaired) electrons. The van der Waals surface area contributed by atoms with Crippen molar-refractivity contribution < 1.29 is 9.53 Å². The zero-order valence-electron chi connectivity index (χ0n) is 12.5. The molecule has 1 saturated heterocycles. The third-order valence-electron chi connectivity index (χ3n) is 5.39. The van der Waals surface area contributed by atoms with Gasteiger partial charge in [0.1, 0.15) is 0 Å². The summed E-state index contributed by atoms with van der Waals surface area (Å²) in [6.07, 6.45) is 5.01. The lowest BCUT2D eigenvalue weighted by Crippen LogP contribution is -2.57. The Morgan fingerprint density at radius 2 is 1.95 bits per heavy atom. The third kappa shape index (κ3) is 2.79. The SMILES string of the molecule is CC1CCC(CN)(C(=O)NC2(C)CCOC2C)CC1. The molecule has 0 aromatic rings. The van der Waals surface area contributed by atoms with Crippen LogP contribution in [0.25, 0.3) is 0 Å². The minimum absolute atomic E-state index is 0.0776. The third-order valence-corrected chi connectivity index (χ3v) is 5.39. The average molecular weight is 268 g/mol. The summed E-state index contributed by atoms with van der Waals surface area (Å²) in [4.78, 5) is 12.7. The van der Waals surface area contributed by atoms with E-state index in [9.17, 15) is 4.79 Å². The molecule has 4 nitrogen and oxygen atoms in total. The number of hydrogen-bond acceptors (Lipinski definition) is 3. The first kappa shape index (κ1) is 14.8. The van der Waals surface area contributed by atoms with Crippen LogP contribution in [0.1, 0.15) is 52.9 Å². The average Bonchev–Trinajstić information content (AvgIpc) is 2.70. The summed E-state index contributed by atoms with van der Waals surface area (Å²) in [5.74, 6) is 0.860. The molecule has 2 atom stereocenters. The Morgan fingerprint density at radius 3 is 2.42 bits per heavy atom. The van der Waals surface area contributed by atoms with E-state index in [0.717, 1.165) is 44.6 Å². The van der Waals surface area contributed by atoms with Gasteiger partial charge in [-0.3, -0.25) is 4.79 Å². The van der Waals surface area contributed by atoms with Crippen molar-refractivity contribution in [1.29, 1.82) is 0 Å². The molecule has 19 heavy (non-hydrogen) atoms. The standard InChI is InChI=1S/C15H28N2O2/c1-11-4-6-15(10-16,7-5-11)13(18)17-14(3)8-9-19-12(14)2/h11-12H,4-10,16H2,1-3H3,(H,17,18). The molecule has 0 bridgehead atoms. The molecule has 1 saturated carbocycles. The van der Waals surface area contributed by atoms with Gasteiger partial charge in [-0.25, -0.2) is 0 Å². The van der Waals surface area contributed by atoms with Crippen LogP contribution in [0.15, 0.2) is 0 Å². The maximum Gasteiger partial charge on any atom is 0.228 e. The zero-order chi connectivity index (χ0) is 14.1. The molecular weight excluding hydrogens is 240 g/mol. The Hall–Kier alpha value is -0.610. The number of carbonyl (C=O) groups excluding carboxylic acids is 1. The lowest BCUT2D eigenvalue weighted by molar-refractivity contribution is -0.135. The van der Waals surface area contributed by atoms with Crippen molar-refractivity contribution in [2.24, 2.45) is 17.1 Å². The molecule has 110 valence electrons. The number of hydrogen-bond donors (Lipinski definition) is 2. The Morgan fingerprint density at radius 1 is 1.32 bits per heavy atom. The molecule has 3 N–H and O–H groups in total. The lowest BCUT2D eigenvalue weighted by atomic mass is 9.70. The van der Waals surface area contributed by atoms with Crippen LogP contribution in [0.4, 0.5) is 0 Å². The molecule has 2 fully saturated rings. The van der Waals surface area contributed by atoms with Gasteiger partial charge in [0.05, 0.1) is 17.1 Å². The van der Waals surface area contributed by atoms with E-state index in [2.05, 4.69) is 19.2 Å². The van der Waals surface area contributed by atoms with Crippen LogP contribution in [0, 0.1) is 11.3 Å². The van der Waals surface area contributed by atoms with E-state index >= 15 is 0 Å². The molecule has 1 heterocycles. The summed E-state index contributed by atoms with van der Waals surface area (Å²) in [6, 6.07) is 0. The van der Waals surface area contributed by atoms with Gasteiger partial charge in [0.2, 0.25) is 5.91 Å². The molecule has 0 aromatic heterocycles. The van der Waals surface area contributed by atoms with Crippen LogP contribution < -0.4 is 11.1 Å². The number of carbonyl (C=O) groups is 1. The Kier molecular flexibility index (Phi) is 4.21. The molecule has 1 aliphatic carbocycles. The van der Waals surface area contributed by atoms with E-state index in [0.29, 0.717) is 6.54 Å². The molecule has 2 aliphatic rings. The van der Waals surface area contributed by atoms with Gasteiger partial charge in [-0.15, -0.1) is 0 Å². The Balaban J connectivity index is 2.05. The van der Waals surface area contributed by atoms with E-state index in [1.54, 1.807) is 0 Å². The van der Waals surface area contributed by atoms with E-state index in [-0.39, 0.29) is 23.0 Å². The quantitative estimate of drug-likeness (QED) is 0.820. The highest BCUT2D eigenvalue weighted by atomic mass is 16.5. The summed E-state index contributed by atoms with van der Waals surface area (Å²) in [7, 11) is 0. The van der Waals surface area contributed by atoms with Gasteiger partial charge in [0, 0.05) is 13.2 Å². The molecular formula is C15H28N2O2. The largest absolute Gasteiger partial charge is 0.376 e. The number of ether oxygens (including phenoxy) is 1. The highest BCUT2D eigenvalue weighted by molar-refractivity contribution is 5.83. The smallest absolute Gasteiger partial charge is 0.228 e. The maximum atomic E-state index is 12.7. The topological polar surface area (TPSA) is 64.4 Å². The van der Waals surface area contributed by atoms with Gasteiger partial charge >= 0.3 is 0 Å². The molecule has 2 rings (SSSR count). The second-order valence-electron chi connectivity index (χ2n) is 6.80.